The quantitative estimate of drug-likeness (QED) is 0.738. The van der Waals surface area contributed by atoms with E-state index in [9.17, 15) is 13.2 Å². The van der Waals surface area contributed by atoms with Crippen LogP contribution in [0, 0.1) is 0 Å². The second kappa shape index (κ2) is 8.64. The Morgan fingerprint density at radius 1 is 1.29 bits per heavy atom. The summed E-state index contributed by atoms with van der Waals surface area (Å²) in [6.45, 7) is 0.736. The molecule has 2 aromatic rings. The van der Waals surface area contributed by atoms with E-state index in [1.54, 1.807) is 18.3 Å². The highest BCUT2D eigenvalue weighted by atomic mass is 32.2. The van der Waals surface area contributed by atoms with Crippen molar-refractivity contribution in [1.29, 1.82) is 0 Å². The van der Waals surface area contributed by atoms with Gasteiger partial charge in [0.2, 0.25) is 10.0 Å². The summed E-state index contributed by atoms with van der Waals surface area (Å²) in [5, 5.41) is 0. The molecule has 2 N–H and O–H groups in total. The maximum atomic E-state index is 12.7. The van der Waals surface area contributed by atoms with E-state index in [0.29, 0.717) is 25.9 Å². The lowest BCUT2D eigenvalue weighted by atomic mass is 9.97. The van der Waals surface area contributed by atoms with Crippen LogP contribution in [0.3, 0.4) is 0 Å². The Morgan fingerprint density at radius 2 is 2.04 bits per heavy atom. The van der Waals surface area contributed by atoms with Crippen LogP contribution >= 0.6 is 0 Å². The zero-order chi connectivity index (χ0) is 20.1. The third kappa shape index (κ3) is 4.46. The van der Waals surface area contributed by atoms with Crippen LogP contribution in [-0.2, 0) is 26.0 Å². The second-order valence-electron chi connectivity index (χ2n) is 6.56. The van der Waals surface area contributed by atoms with Gasteiger partial charge in [0, 0.05) is 25.5 Å². The molecular formula is C20H23N3O4S. The number of sulfonamides is 1. The number of nitrogens with zero attached hydrogens (tertiary/aromatic N) is 2. The Labute approximate surface area is 164 Å². The highest BCUT2D eigenvalue weighted by Gasteiger charge is 2.26. The Hall–Kier alpha value is -2.55. The highest BCUT2D eigenvalue weighted by Crippen LogP contribution is 2.26. The number of hydrogen-bond acceptors (Lipinski definition) is 6. The zero-order valence-electron chi connectivity index (χ0n) is 15.6. The first-order chi connectivity index (χ1) is 13.4. The van der Waals surface area contributed by atoms with Gasteiger partial charge in [0.25, 0.3) is 0 Å². The summed E-state index contributed by atoms with van der Waals surface area (Å²) in [7, 11) is -2.21. The Bertz CT molecular complexity index is 957. The van der Waals surface area contributed by atoms with E-state index in [1.165, 1.54) is 17.6 Å². The molecule has 2 heterocycles. The van der Waals surface area contributed by atoms with E-state index in [4.69, 9.17) is 5.73 Å². The molecule has 28 heavy (non-hydrogen) atoms. The van der Waals surface area contributed by atoms with E-state index in [1.807, 2.05) is 30.3 Å². The number of carbonyl (C=O) groups is 1. The summed E-state index contributed by atoms with van der Waals surface area (Å²) in [4.78, 5) is 15.5. The van der Waals surface area contributed by atoms with Crippen LogP contribution < -0.4 is 5.73 Å². The van der Waals surface area contributed by atoms with Gasteiger partial charge in [0.15, 0.2) is 0 Å². The number of methoxy groups -OCH3 is 1. The number of rotatable bonds is 6. The van der Waals surface area contributed by atoms with Crippen molar-refractivity contribution in [1.82, 2.24) is 9.29 Å². The van der Waals surface area contributed by atoms with Crippen LogP contribution in [0.5, 0.6) is 0 Å². The molecule has 1 atom stereocenters. The van der Waals surface area contributed by atoms with E-state index >= 15 is 0 Å². The van der Waals surface area contributed by atoms with E-state index in [2.05, 4.69) is 9.72 Å². The molecule has 0 radical (unpaired) electrons. The molecule has 8 heteroatoms. The number of nitrogens with two attached hydrogens (primary N) is 1. The molecule has 0 saturated heterocycles. The maximum Gasteiger partial charge on any atom is 0.322 e. The second-order valence-corrected chi connectivity index (χ2v) is 8.50. The molecule has 1 aromatic carbocycles. The fourth-order valence-electron chi connectivity index (χ4n) is 3.12. The van der Waals surface area contributed by atoms with Gasteiger partial charge in [0.1, 0.15) is 10.9 Å². The molecule has 0 fully saturated rings. The normalized spacial score (nSPS) is 16.3. The average molecular weight is 401 g/mol. The molecule has 0 saturated carbocycles. The molecule has 148 valence electrons. The largest absolute Gasteiger partial charge is 0.468 e. The minimum absolute atomic E-state index is 0.207. The molecule has 1 unspecified atom stereocenters. The van der Waals surface area contributed by atoms with E-state index in [-0.39, 0.29) is 4.90 Å². The first kappa shape index (κ1) is 20.2. The van der Waals surface area contributed by atoms with Gasteiger partial charge >= 0.3 is 5.97 Å². The summed E-state index contributed by atoms with van der Waals surface area (Å²) >= 11 is 0. The molecular weight excluding hydrogens is 378 g/mol. The topological polar surface area (TPSA) is 103 Å². The van der Waals surface area contributed by atoms with E-state index in [0.717, 1.165) is 16.7 Å². The molecule has 1 aliphatic rings. The Kier molecular flexibility index (Phi) is 6.23. The fourth-order valence-corrected chi connectivity index (χ4v) is 4.47. The van der Waals surface area contributed by atoms with Crippen LogP contribution in [0.2, 0.25) is 0 Å². The molecule has 0 bridgehead atoms. The minimum Gasteiger partial charge on any atom is -0.468 e. The molecule has 1 aromatic heterocycles. The van der Waals surface area contributed by atoms with Crippen molar-refractivity contribution in [2.24, 2.45) is 5.73 Å². The summed E-state index contributed by atoms with van der Waals surface area (Å²) in [5.74, 6) is -0.436. The average Bonchev–Trinajstić information content (AvgIpc) is 2.74. The monoisotopic (exact) mass is 401 g/mol. The van der Waals surface area contributed by atoms with Gasteiger partial charge in [-0.15, -0.1) is 0 Å². The molecule has 0 aliphatic carbocycles. The molecule has 1 aliphatic heterocycles. The van der Waals surface area contributed by atoms with Crippen LogP contribution in [0.25, 0.3) is 5.57 Å². The Morgan fingerprint density at radius 3 is 2.61 bits per heavy atom. The van der Waals surface area contributed by atoms with E-state index < -0.39 is 22.0 Å². The summed E-state index contributed by atoms with van der Waals surface area (Å²) in [6, 6.07) is 10.3. The highest BCUT2D eigenvalue weighted by molar-refractivity contribution is 7.89. The van der Waals surface area contributed by atoms with Gasteiger partial charge in [-0.3, -0.25) is 9.78 Å². The minimum atomic E-state index is -3.53. The third-order valence-electron chi connectivity index (χ3n) is 4.73. The third-order valence-corrected chi connectivity index (χ3v) is 6.58. The van der Waals surface area contributed by atoms with Crippen molar-refractivity contribution >= 4 is 21.6 Å². The lowest BCUT2D eigenvalue weighted by Crippen LogP contribution is -2.34. The molecule has 0 spiro atoms. The molecule has 3 rings (SSSR count). The summed E-state index contributed by atoms with van der Waals surface area (Å²) in [6.07, 6.45) is 5.89. The van der Waals surface area contributed by atoms with Crippen molar-refractivity contribution in [3.8, 4) is 0 Å². The number of ether oxygens (including phenoxy) is 1. The first-order valence-corrected chi connectivity index (χ1v) is 10.4. The van der Waals surface area contributed by atoms with Gasteiger partial charge in [-0.1, -0.05) is 30.3 Å². The predicted octanol–water partition coefficient (Wildman–Crippen LogP) is 1.60. The molecule has 7 nitrogen and oxygen atoms in total. The van der Waals surface area contributed by atoms with Crippen LogP contribution in [0.1, 0.15) is 17.5 Å². The summed E-state index contributed by atoms with van der Waals surface area (Å²) in [5.41, 5.74) is 8.87. The molecule has 0 amide bonds. The Balaban J connectivity index is 1.67. The standard InChI is InChI=1S/C20H23N3O4S/c1-27-20(24)19(21)13-15-4-6-16(7-5-15)17-8-11-23(12-9-17)28(25,26)18-3-2-10-22-14-18/h2-8,10,14,19H,9,11-13,21H2,1H3. The SMILES string of the molecule is COC(=O)C(N)Cc1ccc(C2=CCN(S(=O)(=O)c3cccnc3)CC2)cc1. The zero-order valence-corrected chi connectivity index (χ0v) is 16.4. The van der Waals surface area contributed by atoms with Gasteiger partial charge in [-0.2, -0.15) is 4.31 Å². The van der Waals surface area contributed by atoms with Gasteiger partial charge in [0.05, 0.1) is 7.11 Å². The number of aromatic nitrogens is 1. The lowest BCUT2D eigenvalue weighted by Gasteiger charge is -2.26. The maximum absolute atomic E-state index is 12.7. The van der Waals surface area contributed by atoms with Crippen LogP contribution in [-0.4, -0.2) is 49.9 Å². The van der Waals surface area contributed by atoms with Crippen LogP contribution in [0.4, 0.5) is 0 Å². The van der Waals surface area contributed by atoms with Crippen molar-refractivity contribution in [2.45, 2.75) is 23.8 Å². The van der Waals surface area contributed by atoms with Crippen molar-refractivity contribution < 1.29 is 17.9 Å². The number of esters is 1. The summed E-state index contributed by atoms with van der Waals surface area (Å²) < 4.78 is 31.4. The van der Waals surface area contributed by atoms with Gasteiger partial charge in [-0.25, -0.2) is 8.42 Å². The lowest BCUT2D eigenvalue weighted by molar-refractivity contribution is -0.142. The first-order valence-electron chi connectivity index (χ1n) is 8.94. The number of pyridine rings is 1. The predicted molar refractivity (Wildman–Crippen MR) is 106 cm³/mol. The smallest absolute Gasteiger partial charge is 0.322 e. The van der Waals surface area contributed by atoms with Crippen molar-refractivity contribution in [3.05, 3.63) is 66.0 Å². The number of hydrogen-bond donors (Lipinski definition) is 1. The fraction of sp³-hybridized carbons (Fsp3) is 0.300. The number of carbonyl (C=O) groups excluding carboxylic acids is 1. The van der Waals surface area contributed by atoms with Crippen molar-refractivity contribution in [2.75, 3.05) is 20.2 Å². The van der Waals surface area contributed by atoms with Crippen molar-refractivity contribution in [3.63, 3.8) is 0 Å². The van der Waals surface area contributed by atoms with Gasteiger partial charge in [-0.05, 0) is 41.7 Å². The van der Waals surface area contributed by atoms with Crippen LogP contribution in [0.15, 0.2) is 59.8 Å². The van der Waals surface area contributed by atoms with Gasteiger partial charge < -0.3 is 10.5 Å². The number of benzene rings is 1.